The molecule has 7 heteroatoms. The minimum absolute atomic E-state index is 0.639. The van der Waals surface area contributed by atoms with Gasteiger partial charge in [0.2, 0.25) is 5.16 Å². The molecule has 0 unspecified atom stereocenters. The van der Waals surface area contributed by atoms with Gasteiger partial charge < -0.3 is 9.47 Å². The van der Waals surface area contributed by atoms with E-state index in [1.54, 1.807) is 23.6 Å². The molecule has 0 atom stereocenters. The fraction of sp³-hybridized carbons (Fsp3) is 0.278. The summed E-state index contributed by atoms with van der Waals surface area (Å²) in [5.41, 5.74) is 3.05. The molecule has 3 aromatic rings. The average molecular weight is 356 g/mol. The van der Waals surface area contributed by atoms with Crippen LogP contribution in [0.25, 0.3) is 5.69 Å². The average Bonchev–Trinajstić information content (AvgIpc) is 3.09. The van der Waals surface area contributed by atoms with Gasteiger partial charge in [-0.25, -0.2) is 0 Å². The Morgan fingerprint density at radius 3 is 2.76 bits per heavy atom. The number of methoxy groups -OCH3 is 1. The van der Waals surface area contributed by atoms with Gasteiger partial charge in [-0.1, -0.05) is 36.0 Å². The Balaban J connectivity index is 1.85. The number of thioether (sulfide) groups is 1. The van der Waals surface area contributed by atoms with Gasteiger partial charge in [0.1, 0.15) is 17.2 Å². The topological polar surface area (TPSA) is 62.1 Å². The second-order valence-corrected chi connectivity index (χ2v) is 6.32. The largest absolute Gasteiger partial charge is 0.494 e. The highest BCUT2D eigenvalue weighted by Crippen LogP contribution is 2.30. The Morgan fingerprint density at radius 2 is 1.96 bits per heavy atom. The summed E-state index contributed by atoms with van der Waals surface area (Å²) >= 11 is 1.56. The van der Waals surface area contributed by atoms with Gasteiger partial charge >= 0.3 is 0 Å². The summed E-state index contributed by atoms with van der Waals surface area (Å²) in [5.74, 6) is 2.34. The van der Waals surface area contributed by atoms with Crippen LogP contribution in [-0.4, -0.2) is 33.9 Å². The van der Waals surface area contributed by atoms with Crippen LogP contribution in [0.5, 0.6) is 11.5 Å². The SMILES string of the molecule is CCOc1ccccc1CSc1nnnn1-c1cc(C)ccc1OC. The van der Waals surface area contributed by atoms with Crippen LogP contribution >= 0.6 is 11.8 Å². The molecule has 2 aromatic carbocycles. The molecule has 1 heterocycles. The molecule has 25 heavy (non-hydrogen) atoms. The van der Waals surface area contributed by atoms with E-state index in [-0.39, 0.29) is 0 Å². The minimum atomic E-state index is 0.639. The molecule has 0 fully saturated rings. The Hall–Kier alpha value is -2.54. The number of hydrogen-bond donors (Lipinski definition) is 0. The maximum Gasteiger partial charge on any atom is 0.214 e. The van der Waals surface area contributed by atoms with Gasteiger partial charge in [-0.15, -0.1) is 5.10 Å². The predicted octanol–water partition coefficient (Wildman–Crippen LogP) is 3.67. The monoisotopic (exact) mass is 356 g/mol. The van der Waals surface area contributed by atoms with E-state index in [0.29, 0.717) is 17.5 Å². The molecule has 3 rings (SSSR count). The number of hydrogen-bond acceptors (Lipinski definition) is 6. The normalized spacial score (nSPS) is 10.7. The molecule has 0 aliphatic heterocycles. The second-order valence-electron chi connectivity index (χ2n) is 5.38. The fourth-order valence-electron chi connectivity index (χ4n) is 2.45. The molecule has 0 radical (unpaired) electrons. The van der Waals surface area contributed by atoms with E-state index >= 15 is 0 Å². The molecule has 0 N–H and O–H groups in total. The van der Waals surface area contributed by atoms with E-state index in [4.69, 9.17) is 9.47 Å². The quantitative estimate of drug-likeness (QED) is 0.602. The lowest BCUT2D eigenvalue weighted by Gasteiger charge is -2.11. The summed E-state index contributed by atoms with van der Waals surface area (Å²) in [7, 11) is 1.64. The highest BCUT2D eigenvalue weighted by atomic mass is 32.2. The highest BCUT2D eigenvalue weighted by molar-refractivity contribution is 7.98. The van der Waals surface area contributed by atoms with Crippen LogP contribution in [0.15, 0.2) is 47.6 Å². The molecule has 130 valence electrons. The lowest BCUT2D eigenvalue weighted by atomic mass is 10.2. The number of para-hydroxylation sites is 1. The second kappa shape index (κ2) is 8.02. The van der Waals surface area contributed by atoms with Gasteiger partial charge in [-0.05, 0) is 48.0 Å². The van der Waals surface area contributed by atoms with Crippen LogP contribution in [0.2, 0.25) is 0 Å². The summed E-state index contributed by atoms with van der Waals surface area (Å²) in [6, 6.07) is 13.9. The van der Waals surface area contributed by atoms with Crippen LogP contribution in [0.1, 0.15) is 18.1 Å². The lowest BCUT2D eigenvalue weighted by Crippen LogP contribution is -2.03. The van der Waals surface area contributed by atoms with Crippen LogP contribution < -0.4 is 9.47 Å². The van der Waals surface area contributed by atoms with E-state index in [1.807, 2.05) is 50.2 Å². The Morgan fingerprint density at radius 1 is 1.12 bits per heavy atom. The molecule has 0 aliphatic rings. The van der Waals surface area contributed by atoms with Crippen LogP contribution in [-0.2, 0) is 5.75 Å². The van der Waals surface area contributed by atoms with Crippen molar-refractivity contribution in [3.05, 3.63) is 53.6 Å². The van der Waals surface area contributed by atoms with Crippen LogP contribution in [0.4, 0.5) is 0 Å². The molecule has 0 aliphatic carbocycles. The number of aromatic nitrogens is 4. The highest BCUT2D eigenvalue weighted by Gasteiger charge is 2.14. The molecular weight excluding hydrogens is 336 g/mol. The van der Waals surface area contributed by atoms with Gasteiger partial charge in [0.15, 0.2) is 0 Å². The zero-order valence-electron chi connectivity index (χ0n) is 14.5. The fourth-order valence-corrected chi connectivity index (χ4v) is 3.32. The maximum atomic E-state index is 5.68. The summed E-state index contributed by atoms with van der Waals surface area (Å²) in [5, 5.41) is 12.8. The van der Waals surface area contributed by atoms with Gasteiger partial charge in [-0.2, -0.15) is 4.68 Å². The first kappa shape index (κ1) is 17.3. The van der Waals surface area contributed by atoms with Crippen molar-refractivity contribution in [1.82, 2.24) is 20.2 Å². The molecule has 1 aromatic heterocycles. The standard InChI is InChI=1S/C18H20N4O2S/c1-4-24-16-8-6-5-7-14(16)12-25-18-19-20-21-22(18)15-11-13(2)9-10-17(15)23-3/h5-11H,4,12H2,1-3H3. The molecule has 0 saturated carbocycles. The van der Waals surface area contributed by atoms with Crippen molar-refractivity contribution in [3.8, 4) is 17.2 Å². The van der Waals surface area contributed by atoms with E-state index in [1.165, 1.54) is 0 Å². The molecular formula is C18H20N4O2S. The third-order valence-corrected chi connectivity index (χ3v) is 4.60. The number of rotatable bonds is 7. The minimum Gasteiger partial charge on any atom is -0.494 e. The van der Waals surface area contributed by atoms with Crippen molar-refractivity contribution >= 4 is 11.8 Å². The third kappa shape index (κ3) is 3.93. The molecule has 0 bridgehead atoms. The van der Waals surface area contributed by atoms with Crippen molar-refractivity contribution in [3.63, 3.8) is 0 Å². The zero-order chi connectivity index (χ0) is 17.6. The Labute approximate surface area is 151 Å². The molecule has 0 spiro atoms. The smallest absolute Gasteiger partial charge is 0.214 e. The van der Waals surface area contributed by atoms with Gasteiger partial charge in [0.25, 0.3) is 0 Å². The Bertz CT molecular complexity index is 851. The number of tetrazole rings is 1. The first-order valence-corrected chi connectivity index (χ1v) is 8.98. The van der Waals surface area contributed by atoms with Crippen LogP contribution in [0.3, 0.4) is 0 Å². The maximum absolute atomic E-state index is 5.68. The Kier molecular flexibility index (Phi) is 5.55. The van der Waals surface area contributed by atoms with Crippen molar-refractivity contribution in [2.24, 2.45) is 0 Å². The number of benzene rings is 2. The van der Waals surface area contributed by atoms with Gasteiger partial charge in [-0.3, -0.25) is 0 Å². The summed E-state index contributed by atoms with van der Waals surface area (Å²) in [6.07, 6.45) is 0. The predicted molar refractivity (Wildman–Crippen MR) is 97.6 cm³/mol. The first-order valence-electron chi connectivity index (χ1n) is 7.99. The van der Waals surface area contributed by atoms with Crippen molar-refractivity contribution in [1.29, 1.82) is 0 Å². The van der Waals surface area contributed by atoms with E-state index in [2.05, 4.69) is 21.6 Å². The van der Waals surface area contributed by atoms with E-state index in [9.17, 15) is 0 Å². The molecule has 6 nitrogen and oxygen atoms in total. The third-order valence-electron chi connectivity index (χ3n) is 3.63. The summed E-state index contributed by atoms with van der Waals surface area (Å²) < 4.78 is 12.8. The van der Waals surface area contributed by atoms with Gasteiger partial charge in [0.05, 0.1) is 13.7 Å². The van der Waals surface area contributed by atoms with Crippen molar-refractivity contribution in [2.75, 3.05) is 13.7 Å². The van der Waals surface area contributed by atoms with Gasteiger partial charge in [0, 0.05) is 11.3 Å². The molecule has 0 amide bonds. The molecule has 0 saturated heterocycles. The summed E-state index contributed by atoms with van der Waals surface area (Å²) in [6.45, 7) is 4.65. The lowest BCUT2D eigenvalue weighted by molar-refractivity contribution is 0.337. The van der Waals surface area contributed by atoms with E-state index in [0.717, 1.165) is 28.3 Å². The zero-order valence-corrected chi connectivity index (χ0v) is 15.3. The van der Waals surface area contributed by atoms with Crippen molar-refractivity contribution < 1.29 is 9.47 Å². The van der Waals surface area contributed by atoms with E-state index < -0.39 is 0 Å². The first-order chi connectivity index (χ1) is 12.2. The number of nitrogens with zero attached hydrogens (tertiary/aromatic N) is 4. The number of aryl methyl sites for hydroxylation is 1. The number of ether oxygens (including phenoxy) is 2. The summed E-state index contributed by atoms with van der Waals surface area (Å²) in [4.78, 5) is 0. The van der Waals surface area contributed by atoms with Crippen molar-refractivity contribution in [2.45, 2.75) is 24.8 Å². The van der Waals surface area contributed by atoms with Crippen LogP contribution in [0, 0.1) is 6.92 Å².